The Bertz CT molecular complexity index is 1070. The van der Waals surface area contributed by atoms with Crippen molar-refractivity contribution in [3.05, 3.63) is 75.7 Å². The molecule has 3 aromatic rings. The molecule has 0 aliphatic carbocycles. The molecule has 1 heterocycles. The number of benzene rings is 2. The summed E-state index contributed by atoms with van der Waals surface area (Å²) in [7, 11) is 1.52. The summed E-state index contributed by atoms with van der Waals surface area (Å²) >= 11 is 0. The summed E-state index contributed by atoms with van der Waals surface area (Å²) in [6.07, 6.45) is 1.44. The number of carbonyl (C=O) groups is 1. The van der Waals surface area contributed by atoms with Crippen LogP contribution in [0.25, 0.3) is 0 Å². The van der Waals surface area contributed by atoms with Crippen molar-refractivity contribution in [1.29, 1.82) is 0 Å². The second kappa shape index (κ2) is 7.33. The molecule has 138 valence electrons. The van der Waals surface area contributed by atoms with Gasteiger partial charge in [-0.25, -0.2) is 4.68 Å². The van der Waals surface area contributed by atoms with Crippen LogP contribution in [0.3, 0.4) is 0 Å². The zero-order valence-electron chi connectivity index (χ0n) is 15.1. The number of ether oxygens (including phenoxy) is 1. The van der Waals surface area contributed by atoms with Gasteiger partial charge >= 0.3 is 0 Å². The topological polar surface area (TPSA) is 96.3 Å². The number of rotatable bonds is 5. The Morgan fingerprint density at radius 3 is 2.63 bits per heavy atom. The van der Waals surface area contributed by atoms with Crippen LogP contribution in [0, 0.1) is 13.8 Å². The fourth-order valence-corrected chi connectivity index (χ4v) is 2.54. The van der Waals surface area contributed by atoms with Gasteiger partial charge in [-0.1, -0.05) is 24.3 Å². The quantitative estimate of drug-likeness (QED) is 0.746. The van der Waals surface area contributed by atoms with Gasteiger partial charge in [-0.15, -0.1) is 0 Å². The fraction of sp³-hybridized carbons (Fsp3) is 0.150. The van der Waals surface area contributed by atoms with Crippen molar-refractivity contribution in [1.82, 2.24) is 9.78 Å². The normalized spacial score (nSPS) is 10.5. The first kappa shape index (κ1) is 18.2. The number of aryl methyl sites for hydroxylation is 2. The van der Waals surface area contributed by atoms with Gasteiger partial charge in [0.25, 0.3) is 5.56 Å². The predicted octanol–water partition coefficient (Wildman–Crippen LogP) is 2.30. The molecule has 0 aliphatic rings. The molecule has 2 aromatic carbocycles. The molecule has 0 saturated heterocycles. The number of aromatic nitrogens is 2. The molecule has 0 radical (unpaired) electrons. The van der Waals surface area contributed by atoms with E-state index in [0.717, 1.165) is 11.1 Å². The van der Waals surface area contributed by atoms with Crippen LogP contribution in [0.2, 0.25) is 0 Å². The van der Waals surface area contributed by atoms with Gasteiger partial charge in [-0.2, -0.15) is 5.10 Å². The van der Waals surface area contributed by atoms with E-state index in [9.17, 15) is 14.7 Å². The highest BCUT2D eigenvalue weighted by atomic mass is 16.5. The lowest BCUT2D eigenvalue weighted by Gasteiger charge is -2.15. The summed E-state index contributed by atoms with van der Waals surface area (Å²) in [4.78, 5) is 23.6. The van der Waals surface area contributed by atoms with E-state index in [2.05, 4.69) is 10.4 Å². The highest BCUT2D eigenvalue weighted by Crippen LogP contribution is 2.31. The van der Waals surface area contributed by atoms with Crippen LogP contribution in [0.4, 0.5) is 11.4 Å². The molecular weight excluding hydrogens is 346 g/mol. The molecule has 3 rings (SSSR count). The van der Waals surface area contributed by atoms with Crippen LogP contribution >= 0.6 is 0 Å². The van der Waals surface area contributed by atoms with Crippen molar-refractivity contribution in [2.45, 2.75) is 13.8 Å². The second-order valence-electron chi connectivity index (χ2n) is 6.11. The van der Waals surface area contributed by atoms with Gasteiger partial charge in [-0.3, -0.25) is 4.79 Å². The maximum Gasteiger partial charge on any atom is 0.294 e. The first-order chi connectivity index (χ1) is 12.9. The molecule has 0 bridgehead atoms. The molecule has 0 unspecified atom stereocenters. The molecule has 0 spiro atoms. The van der Waals surface area contributed by atoms with Gasteiger partial charge in [-0.05, 0) is 48.7 Å². The zero-order valence-corrected chi connectivity index (χ0v) is 15.1. The molecule has 7 nitrogen and oxygen atoms in total. The number of nitrogens with zero attached hydrogens (tertiary/aromatic N) is 2. The maximum atomic E-state index is 12.6. The summed E-state index contributed by atoms with van der Waals surface area (Å²) in [5.41, 5.74) is 2.18. The lowest BCUT2D eigenvalue weighted by Crippen LogP contribution is -2.23. The molecular formula is C20H18N3O4-. The SMILES string of the molecule is Cc1cccc(Oc2cnn(C)c(=O)c2Nc2cccc(C(=O)[O-])c2)c1C. The van der Waals surface area contributed by atoms with Crippen molar-refractivity contribution >= 4 is 17.3 Å². The summed E-state index contributed by atoms with van der Waals surface area (Å²) in [6.45, 7) is 3.89. The number of carboxylic acids is 1. The number of anilines is 2. The van der Waals surface area contributed by atoms with E-state index in [1.807, 2.05) is 26.0 Å². The van der Waals surface area contributed by atoms with Crippen LogP contribution in [0.5, 0.6) is 11.5 Å². The van der Waals surface area contributed by atoms with E-state index >= 15 is 0 Å². The maximum absolute atomic E-state index is 12.6. The van der Waals surface area contributed by atoms with Crippen LogP contribution in [0.1, 0.15) is 21.5 Å². The van der Waals surface area contributed by atoms with Crippen molar-refractivity contribution < 1.29 is 14.6 Å². The van der Waals surface area contributed by atoms with E-state index < -0.39 is 11.5 Å². The van der Waals surface area contributed by atoms with E-state index in [-0.39, 0.29) is 17.0 Å². The lowest BCUT2D eigenvalue weighted by molar-refractivity contribution is -0.255. The van der Waals surface area contributed by atoms with Gasteiger partial charge in [0.15, 0.2) is 11.4 Å². The first-order valence-electron chi connectivity index (χ1n) is 8.25. The van der Waals surface area contributed by atoms with Gasteiger partial charge in [0.2, 0.25) is 0 Å². The summed E-state index contributed by atoms with van der Waals surface area (Å²) < 4.78 is 7.11. The van der Waals surface area contributed by atoms with Gasteiger partial charge in [0, 0.05) is 12.7 Å². The Morgan fingerprint density at radius 2 is 1.89 bits per heavy atom. The molecule has 7 heteroatoms. The van der Waals surface area contributed by atoms with Crippen molar-refractivity contribution in [3.8, 4) is 11.5 Å². The monoisotopic (exact) mass is 364 g/mol. The highest BCUT2D eigenvalue weighted by molar-refractivity contribution is 5.87. The van der Waals surface area contributed by atoms with E-state index in [1.165, 1.54) is 30.1 Å². The third kappa shape index (κ3) is 3.82. The molecule has 1 aromatic heterocycles. The summed E-state index contributed by atoms with van der Waals surface area (Å²) in [5, 5.41) is 18.0. The molecule has 0 saturated carbocycles. The number of carbonyl (C=O) groups excluding carboxylic acids is 1. The van der Waals surface area contributed by atoms with E-state index in [4.69, 9.17) is 4.74 Å². The summed E-state index contributed by atoms with van der Waals surface area (Å²) in [6, 6.07) is 11.6. The minimum atomic E-state index is -1.30. The Hall–Kier alpha value is -3.61. The second-order valence-corrected chi connectivity index (χ2v) is 6.11. The molecule has 0 aliphatic heterocycles. The number of hydrogen-bond donors (Lipinski definition) is 1. The molecule has 27 heavy (non-hydrogen) atoms. The van der Waals surface area contributed by atoms with Crippen molar-refractivity contribution in [2.24, 2.45) is 7.05 Å². The van der Waals surface area contributed by atoms with Crippen LogP contribution in [-0.4, -0.2) is 15.7 Å². The van der Waals surface area contributed by atoms with Gasteiger partial charge in [0.05, 0.1) is 12.2 Å². The third-order valence-corrected chi connectivity index (χ3v) is 4.24. The average Bonchev–Trinajstić information content (AvgIpc) is 2.65. The average molecular weight is 364 g/mol. The first-order valence-corrected chi connectivity index (χ1v) is 8.25. The predicted molar refractivity (Wildman–Crippen MR) is 99.5 cm³/mol. The lowest BCUT2D eigenvalue weighted by atomic mass is 10.1. The number of aromatic carboxylic acids is 1. The van der Waals surface area contributed by atoms with Gasteiger partial charge in [0.1, 0.15) is 5.75 Å². The Morgan fingerprint density at radius 1 is 1.15 bits per heavy atom. The standard InChI is InChI=1S/C20H19N3O4/c1-12-6-4-9-16(13(12)2)27-17-11-21-23(3)19(24)18(17)22-15-8-5-7-14(10-15)20(25)26/h4-11,22H,1-3H3,(H,25,26)/p-1. The highest BCUT2D eigenvalue weighted by Gasteiger charge is 2.14. The number of carboxylic acid groups (broad SMARTS) is 1. The number of nitrogens with one attached hydrogen (secondary N) is 1. The molecule has 0 fully saturated rings. The van der Waals surface area contributed by atoms with E-state index in [1.54, 1.807) is 18.2 Å². The summed E-state index contributed by atoms with van der Waals surface area (Å²) in [5.74, 6) is -0.449. The smallest absolute Gasteiger partial charge is 0.294 e. The van der Waals surface area contributed by atoms with Crippen LogP contribution in [0.15, 0.2) is 53.5 Å². The molecule has 0 atom stereocenters. The Labute approximate surface area is 155 Å². The Kier molecular flexibility index (Phi) is 4.94. The van der Waals surface area contributed by atoms with Crippen molar-refractivity contribution in [2.75, 3.05) is 5.32 Å². The fourth-order valence-electron chi connectivity index (χ4n) is 2.54. The zero-order chi connectivity index (χ0) is 19.6. The van der Waals surface area contributed by atoms with Crippen LogP contribution < -0.4 is 20.7 Å². The molecule has 0 amide bonds. The molecule has 1 N–H and O–H groups in total. The third-order valence-electron chi connectivity index (χ3n) is 4.24. The van der Waals surface area contributed by atoms with Crippen molar-refractivity contribution in [3.63, 3.8) is 0 Å². The largest absolute Gasteiger partial charge is 0.545 e. The van der Waals surface area contributed by atoms with Gasteiger partial charge < -0.3 is 20.0 Å². The Balaban J connectivity index is 2.03. The number of hydrogen-bond acceptors (Lipinski definition) is 6. The minimum Gasteiger partial charge on any atom is -0.545 e. The minimum absolute atomic E-state index is 0.00266. The van der Waals surface area contributed by atoms with Crippen LogP contribution in [-0.2, 0) is 7.05 Å². The van der Waals surface area contributed by atoms with E-state index in [0.29, 0.717) is 11.4 Å².